The summed E-state index contributed by atoms with van der Waals surface area (Å²) in [7, 11) is 1.68. The van der Waals surface area contributed by atoms with E-state index in [0.717, 1.165) is 64.9 Å². The number of hydrogen-bond donors (Lipinski definition) is 1. The lowest BCUT2D eigenvalue weighted by Crippen LogP contribution is -2.38. The van der Waals surface area contributed by atoms with Crippen LogP contribution in [0.3, 0.4) is 0 Å². The van der Waals surface area contributed by atoms with Crippen molar-refractivity contribution in [2.75, 3.05) is 26.8 Å². The van der Waals surface area contributed by atoms with Crippen LogP contribution < -0.4 is 4.74 Å². The van der Waals surface area contributed by atoms with Gasteiger partial charge in [-0.05, 0) is 38.1 Å². The van der Waals surface area contributed by atoms with Crippen LogP contribution in [0, 0.1) is 13.8 Å². The third-order valence-electron chi connectivity index (χ3n) is 6.23. The summed E-state index contributed by atoms with van der Waals surface area (Å²) in [5.41, 5.74) is 6.29. The number of carboxylic acids is 1. The van der Waals surface area contributed by atoms with Crippen molar-refractivity contribution >= 4 is 11.5 Å². The zero-order valence-corrected chi connectivity index (χ0v) is 21.0. The Morgan fingerprint density at radius 1 is 1.21 bits per heavy atom. The summed E-state index contributed by atoms with van der Waals surface area (Å²) in [6, 6.07) is 14.3. The molecule has 1 N–H and O–H groups in total. The van der Waals surface area contributed by atoms with Gasteiger partial charge >= 0.3 is 12.1 Å². The molecule has 1 unspecified atom stereocenters. The molecule has 38 heavy (non-hydrogen) atoms. The van der Waals surface area contributed by atoms with Crippen molar-refractivity contribution in [2.24, 2.45) is 0 Å². The molecule has 4 aromatic rings. The second-order valence-electron chi connectivity index (χ2n) is 8.73. The molecule has 12 heteroatoms. The van der Waals surface area contributed by atoms with Gasteiger partial charge in [-0.2, -0.15) is 13.2 Å². The fraction of sp³-hybridized carbons (Fsp3) is 0.346. The van der Waals surface area contributed by atoms with E-state index in [1.165, 1.54) is 0 Å². The maximum atomic E-state index is 10.6. The summed E-state index contributed by atoms with van der Waals surface area (Å²) < 4.78 is 50.7. The Hall–Kier alpha value is -3.90. The number of aryl methyl sites for hydroxylation is 2. The van der Waals surface area contributed by atoms with Crippen LogP contribution in [0.15, 0.2) is 53.3 Å². The smallest absolute Gasteiger partial charge is 0.490 e. The molecule has 1 atom stereocenters. The predicted octanol–water partition coefficient (Wildman–Crippen LogP) is 4.82. The number of carboxylic acid groups (broad SMARTS) is 1. The molecule has 0 spiro atoms. The molecule has 202 valence electrons. The van der Waals surface area contributed by atoms with Crippen LogP contribution >= 0.6 is 0 Å². The molecule has 1 fully saturated rings. The lowest BCUT2D eigenvalue weighted by Gasteiger charge is -2.32. The molecule has 3 aromatic heterocycles. The van der Waals surface area contributed by atoms with Gasteiger partial charge in [-0.1, -0.05) is 23.4 Å². The molecule has 1 aromatic carbocycles. The van der Waals surface area contributed by atoms with E-state index in [-0.39, 0.29) is 6.10 Å². The van der Waals surface area contributed by atoms with Crippen molar-refractivity contribution in [1.29, 1.82) is 0 Å². The van der Waals surface area contributed by atoms with Crippen LogP contribution in [0.1, 0.15) is 28.8 Å². The minimum Gasteiger partial charge on any atom is -0.497 e. The second-order valence-corrected chi connectivity index (χ2v) is 8.73. The number of aromatic nitrogens is 3. The van der Waals surface area contributed by atoms with Gasteiger partial charge in [0.15, 0.2) is 0 Å². The number of morpholine rings is 1. The minimum atomic E-state index is -5.08. The number of imidazole rings is 1. The number of methoxy groups -OCH3 is 1. The number of aliphatic carboxylic acids is 1. The summed E-state index contributed by atoms with van der Waals surface area (Å²) in [6.45, 7) is 7.09. The molecule has 9 nitrogen and oxygen atoms in total. The molecular weight excluding hydrogens is 505 g/mol. The van der Waals surface area contributed by atoms with Gasteiger partial charge in [0.2, 0.25) is 0 Å². The zero-order chi connectivity index (χ0) is 27.4. The van der Waals surface area contributed by atoms with Crippen LogP contribution in [0.25, 0.3) is 16.8 Å². The molecule has 0 saturated carbocycles. The van der Waals surface area contributed by atoms with E-state index in [4.69, 9.17) is 28.9 Å². The van der Waals surface area contributed by atoms with Crippen molar-refractivity contribution in [3.8, 4) is 17.0 Å². The van der Waals surface area contributed by atoms with Crippen LogP contribution in [0.2, 0.25) is 0 Å². The van der Waals surface area contributed by atoms with Crippen molar-refractivity contribution in [1.82, 2.24) is 19.4 Å². The Morgan fingerprint density at radius 2 is 1.95 bits per heavy atom. The Bertz CT molecular complexity index is 1400. The lowest BCUT2D eigenvalue weighted by molar-refractivity contribution is -0.192. The highest BCUT2D eigenvalue weighted by Gasteiger charge is 2.38. The molecule has 0 aliphatic carbocycles. The first-order valence-corrected chi connectivity index (χ1v) is 11.7. The van der Waals surface area contributed by atoms with E-state index in [1.807, 2.05) is 38.4 Å². The molecular formula is C26H27F3N4O5. The first kappa shape index (κ1) is 27.1. The van der Waals surface area contributed by atoms with E-state index in [2.05, 4.69) is 38.7 Å². The van der Waals surface area contributed by atoms with Gasteiger partial charge in [-0.3, -0.25) is 9.30 Å². The highest BCUT2D eigenvalue weighted by atomic mass is 19.4. The van der Waals surface area contributed by atoms with Crippen LogP contribution in [0.4, 0.5) is 13.2 Å². The molecule has 0 bridgehead atoms. The van der Waals surface area contributed by atoms with Crippen molar-refractivity contribution < 1.29 is 37.1 Å². The second kappa shape index (κ2) is 11.2. The number of carbonyl (C=O) groups is 1. The van der Waals surface area contributed by atoms with Gasteiger partial charge in [0.25, 0.3) is 0 Å². The molecule has 0 radical (unpaired) electrons. The lowest BCUT2D eigenvalue weighted by atomic mass is 10.1. The van der Waals surface area contributed by atoms with Gasteiger partial charge in [0.05, 0.1) is 36.3 Å². The molecule has 1 saturated heterocycles. The van der Waals surface area contributed by atoms with Crippen molar-refractivity contribution in [2.45, 2.75) is 32.7 Å². The molecule has 1 aliphatic heterocycles. The number of hydrogen-bond acceptors (Lipinski definition) is 7. The summed E-state index contributed by atoms with van der Waals surface area (Å²) in [4.78, 5) is 16.0. The maximum absolute atomic E-state index is 10.6. The van der Waals surface area contributed by atoms with Gasteiger partial charge in [0.1, 0.15) is 23.9 Å². The van der Waals surface area contributed by atoms with Gasteiger partial charge in [-0.15, -0.1) is 0 Å². The van der Waals surface area contributed by atoms with E-state index in [9.17, 15) is 13.2 Å². The Balaban J connectivity index is 0.000000426. The predicted molar refractivity (Wildman–Crippen MR) is 131 cm³/mol. The molecule has 0 amide bonds. The summed E-state index contributed by atoms with van der Waals surface area (Å²) in [5.74, 6) is -1.04. The van der Waals surface area contributed by atoms with Crippen LogP contribution in [-0.2, 0) is 16.1 Å². The third kappa shape index (κ3) is 5.97. The largest absolute Gasteiger partial charge is 0.497 e. The Labute approximate surface area is 216 Å². The summed E-state index contributed by atoms with van der Waals surface area (Å²) in [5, 5.41) is 11.2. The van der Waals surface area contributed by atoms with Gasteiger partial charge in [-0.25, -0.2) is 9.78 Å². The first-order valence-electron chi connectivity index (χ1n) is 11.7. The standard InChI is InChI=1S/C24H26N4O3.C2HF3O2/c1-16-20(17(2)31-26-16)13-27-10-11-30-23(14-27)24-22-9-5-8-21(28(22)15-25-24)18-6-4-7-19(12-18)29-3;3-2(4,5)1(6)7/h4-9,12,15,23H,10-11,13-14H2,1-3H3;(H,6,7). The number of benzene rings is 1. The number of nitrogens with zero attached hydrogens (tertiary/aromatic N) is 4. The van der Waals surface area contributed by atoms with Crippen molar-refractivity contribution in [3.63, 3.8) is 0 Å². The molecule has 4 heterocycles. The van der Waals surface area contributed by atoms with E-state index in [0.29, 0.717) is 6.61 Å². The number of ether oxygens (including phenoxy) is 2. The van der Waals surface area contributed by atoms with Crippen LogP contribution in [0.5, 0.6) is 5.75 Å². The number of rotatable bonds is 5. The maximum Gasteiger partial charge on any atom is 0.490 e. The summed E-state index contributed by atoms with van der Waals surface area (Å²) in [6.07, 6.45) is -3.28. The van der Waals surface area contributed by atoms with Gasteiger partial charge < -0.3 is 19.1 Å². The molecule has 1 aliphatic rings. The van der Waals surface area contributed by atoms with E-state index in [1.54, 1.807) is 7.11 Å². The third-order valence-corrected chi connectivity index (χ3v) is 6.23. The number of alkyl halides is 3. The SMILES string of the molecule is COc1cccc(-c2cccc3c(C4CN(Cc5c(C)noc5C)CCO4)ncn23)c1.O=C(O)C(F)(F)F. The first-order chi connectivity index (χ1) is 18.1. The zero-order valence-electron chi connectivity index (χ0n) is 21.0. The van der Waals surface area contributed by atoms with Gasteiger partial charge in [0, 0.05) is 30.8 Å². The van der Waals surface area contributed by atoms with Crippen molar-refractivity contribution in [3.05, 3.63) is 71.5 Å². The average Bonchev–Trinajstić information content (AvgIpc) is 3.47. The molecule has 5 rings (SSSR count). The fourth-order valence-corrected chi connectivity index (χ4v) is 4.27. The Kier molecular flexibility index (Phi) is 8.02. The monoisotopic (exact) mass is 532 g/mol. The highest BCUT2D eigenvalue weighted by Crippen LogP contribution is 2.30. The normalized spacial score (nSPS) is 16.2. The summed E-state index contributed by atoms with van der Waals surface area (Å²) >= 11 is 0. The highest BCUT2D eigenvalue weighted by molar-refractivity contribution is 5.73. The van der Waals surface area contributed by atoms with E-state index >= 15 is 0 Å². The minimum absolute atomic E-state index is 0.0835. The number of halogens is 3. The number of pyridine rings is 1. The average molecular weight is 533 g/mol. The number of fused-ring (bicyclic) bond motifs is 1. The fourth-order valence-electron chi connectivity index (χ4n) is 4.27. The Morgan fingerprint density at radius 3 is 2.61 bits per heavy atom. The topological polar surface area (TPSA) is 102 Å². The van der Waals surface area contributed by atoms with E-state index < -0.39 is 12.1 Å². The quantitative estimate of drug-likeness (QED) is 0.390. The van der Waals surface area contributed by atoms with Crippen LogP contribution in [-0.4, -0.2) is 63.5 Å².